The summed E-state index contributed by atoms with van der Waals surface area (Å²) in [5, 5.41) is 0.629. The second-order valence-electron chi connectivity index (χ2n) is 6.28. The van der Waals surface area contributed by atoms with Crippen LogP contribution in [0.25, 0.3) is 0 Å². The molecule has 1 aliphatic heterocycles. The summed E-state index contributed by atoms with van der Waals surface area (Å²) in [4.78, 5) is 15.0. The summed E-state index contributed by atoms with van der Waals surface area (Å²) in [7, 11) is 0. The van der Waals surface area contributed by atoms with Gasteiger partial charge in [0.05, 0.1) is 12.1 Å². The number of rotatable bonds is 2. The van der Waals surface area contributed by atoms with Gasteiger partial charge in [-0.2, -0.15) is 0 Å². The molecular weight excluding hydrogens is 322 g/mol. The van der Waals surface area contributed by atoms with Crippen molar-refractivity contribution < 1.29 is 9.53 Å². The fourth-order valence-electron chi connectivity index (χ4n) is 3.22. The summed E-state index contributed by atoms with van der Waals surface area (Å²) in [5.74, 6) is 0.878. The minimum Gasteiger partial charge on any atom is -0.491 e. The van der Waals surface area contributed by atoms with Crippen LogP contribution in [0, 0.1) is 0 Å². The predicted octanol–water partition coefficient (Wildman–Crippen LogP) is 4.89. The zero-order valence-electron chi connectivity index (χ0n) is 14.3. The van der Waals surface area contributed by atoms with E-state index in [1.165, 1.54) is 5.56 Å². The molecule has 0 spiro atoms. The largest absolute Gasteiger partial charge is 0.491 e. The third-order valence-corrected chi connectivity index (χ3v) is 4.88. The summed E-state index contributed by atoms with van der Waals surface area (Å²) in [6.07, 6.45) is 0.959. The lowest BCUT2D eigenvalue weighted by atomic mass is 10.00. The Hall–Kier alpha value is -2.00. The van der Waals surface area contributed by atoms with E-state index in [1.54, 1.807) is 24.3 Å². The molecule has 126 valence electrons. The van der Waals surface area contributed by atoms with Crippen molar-refractivity contribution in [2.75, 3.05) is 6.61 Å². The smallest absolute Gasteiger partial charge is 0.254 e. The SMILES string of the molecule is CCc1ccc2c(c1)[C@H](C)N(C(=O)c1ccc(Cl)cc1)[C@H](C)CO2. The van der Waals surface area contributed by atoms with E-state index in [1.807, 2.05) is 17.9 Å². The van der Waals surface area contributed by atoms with Gasteiger partial charge in [0.25, 0.3) is 5.91 Å². The van der Waals surface area contributed by atoms with E-state index in [9.17, 15) is 4.79 Å². The monoisotopic (exact) mass is 343 g/mol. The Morgan fingerprint density at radius 3 is 2.58 bits per heavy atom. The van der Waals surface area contributed by atoms with Crippen LogP contribution in [0.3, 0.4) is 0 Å². The zero-order valence-corrected chi connectivity index (χ0v) is 15.0. The summed E-state index contributed by atoms with van der Waals surface area (Å²) < 4.78 is 5.95. The third kappa shape index (κ3) is 3.13. The van der Waals surface area contributed by atoms with Gasteiger partial charge < -0.3 is 9.64 Å². The molecule has 3 nitrogen and oxygen atoms in total. The topological polar surface area (TPSA) is 29.5 Å². The Morgan fingerprint density at radius 1 is 1.21 bits per heavy atom. The highest BCUT2D eigenvalue weighted by Crippen LogP contribution is 2.35. The standard InChI is InChI=1S/C20H22ClNO2/c1-4-15-5-10-19-18(11-15)14(3)22(13(2)12-24-19)20(23)16-6-8-17(21)9-7-16/h5-11,13-14H,4,12H2,1-3H3/t13-,14+/m1/s1. The molecule has 0 saturated carbocycles. The fraction of sp³-hybridized carbons (Fsp3) is 0.350. The van der Waals surface area contributed by atoms with E-state index in [4.69, 9.17) is 16.3 Å². The van der Waals surface area contributed by atoms with Gasteiger partial charge in [0, 0.05) is 16.1 Å². The Kier molecular flexibility index (Phi) is 4.81. The lowest BCUT2D eigenvalue weighted by molar-refractivity contribution is 0.0576. The van der Waals surface area contributed by atoms with E-state index in [2.05, 4.69) is 26.0 Å². The average Bonchev–Trinajstić information content (AvgIpc) is 2.71. The molecule has 0 aliphatic carbocycles. The van der Waals surface area contributed by atoms with Crippen LogP contribution in [0.1, 0.15) is 48.3 Å². The number of ether oxygens (including phenoxy) is 1. The summed E-state index contributed by atoms with van der Waals surface area (Å²) in [6, 6.07) is 13.3. The van der Waals surface area contributed by atoms with Crippen molar-refractivity contribution in [2.45, 2.75) is 39.3 Å². The first-order chi connectivity index (χ1) is 11.5. The summed E-state index contributed by atoms with van der Waals surface area (Å²) in [6.45, 7) is 6.71. The van der Waals surface area contributed by atoms with E-state index in [0.29, 0.717) is 17.2 Å². The Bertz CT molecular complexity index is 742. The molecule has 0 fully saturated rings. The molecule has 0 saturated heterocycles. The van der Waals surface area contributed by atoms with Crippen LogP contribution in [0.15, 0.2) is 42.5 Å². The van der Waals surface area contributed by atoms with Crippen LogP contribution in [0.5, 0.6) is 5.75 Å². The second kappa shape index (κ2) is 6.86. The van der Waals surface area contributed by atoms with Crippen LogP contribution in [-0.4, -0.2) is 23.5 Å². The van der Waals surface area contributed by atoms with Gasteiger partial charge in [0.1, 0.15) is 12.4 Å². The molecule has 0 unspecified atom stereocenters. The molecule has 2 aromatic carbocycles. The fourth-order valence-corrected chi connectivity index (χ4v) is 3.34. The number of carbonyl (C=O) groups excluding carboxylic acids is 1. The molecule has 4 heteroatoms. The Labute approximate surface area is 148 Å². The summed E-state index contributed by atoms with van der Waals surface area (Å²) >= 11 is 5.94. The van der Waals surface area contributed by atoms with Crippen molar-refractivity contribution >= 4 is 17.5 Å². The first kappa shape index (κ1) is 16.8. The maximum Gasteiger partial charge on any atom is 0.254 e. The van der Waals surface area contributed by atoms with Gasteiger partial charge in [-0.25, -0.2) is 0 Å². The molecule has 0 radical (unpaired) electrons. The number of fused-ring (bicyclic) bond motifs is 1. The van der Waals surface area contributed by atoms with Crippen LogP contribution in [0.2, 0.25) is 5.02 Å². The summed E-state index contributed by atoms with van der Waals surface area (Å²) in [5.41, 5.74) is 2.96. The van der Waals surface area contributed by atoms with E-state index < -0.39 is 0 Å². The highest BCUT2D eigenvalue weighted by Gasteiger charge is 2.32. The van der Waals surface area contributed by atoms with Crippen molar-refractivity contribution in [3.05, 3.63) is 64.2 Å². The van der Waals surface area contributed by atoms with Crippen molar-refractivity contribution in [2.24, 2.45) is 0 Å². The number of hydrogen-bond donors (Lipinski definition) is 0. The highest BCUT2D eigenvalue weighted by atomic mass is 35.5. The normalized spacial score (nSPS) is 20.1. The van der Waals surface area contributed by atoms with Gasteiger partial charge in [-0.15, -0.1) is 0 Å². The number of halogens is 1. The molecule has 2 atom stereocenters. The molecule has 1 heterocycles. The van der Waals surface area contributed by atoms with Gasteiger partial charge in [-0.1, -0.05) is 30.7 Å². The van der Waals surface area contributed by atoms with Crippen molar-refractivity contribution in [1.82, 2.24) is 4.90 Å². The molecule has 2 aromatic rings. The number of carbonyl (C=O) groups is 1. The van der Waals surface area contributed by atoms with Crippen LogP contribution < -0.4 is 4.74 Å². The average molecular weight is 344 g/mol. The van der Waals surface area contributed by atoms with Gasteiger partial charge >= 0.3 is 0 Å². The number of nitrogens with zero attached hydrogens (tertiary/aromatic N) is 1. The molecule has 24 heavy (non-hydrogen) atoms. The number of aryl methyl sites for hydroxylation is 1. The lowest BCUT2D eigenvalue weighted by Crippen LogP contribution is -2.41. The Morgan fingerprint density at radius 2 is 1.92 bits per heavy atom. The van der Waals surface area contributed by atoms with Crippen molar-refractivity contribution in [3.63, 3.8) is 0 Å². The first-order valence-corrected chi connectivity index (χ1v) is 8.73. The second-order valence-corrected chi connectivity index (χ2v) is 6.72. The molecule has 1 aliphatic rings. The number of hydrogen-bond acceptors (Lipinski definition) is 2. The molecule has 3 rings (SSSR count). The zero-order chi connectivity index (χ0) is 17.3. The Balaban J connectivity index is 1.99. The van der Waals surface area contributed by atoms with Gasteiger partial charge in [-0.05, 0) is 56.2 Å². The van der Waals surface area contributed by atoms with Crippen LogP contribution >= 0.6 is 11.6 Å². The highest BCUT2D eigenvalue weighted by molar-refractivity contribution is 6.30. The van der Waals surface area contributed by atoms with Crippen LogP contribution in [0.4, 0.5) is 0 Å². The minimum atomic E-state index is -0.0489. The number of benzene rings is 2. The van der Waals surface area contributed by atoms with Gasteiger partial charge in [-0.3, -0.25) is 4.79 Å². The van der Waals surface area contributed by atoms with E-state index in [-0.39, 0.29) is 18.0 Å². The van der Waals surface area contributed by atoms with E-state index in [0.717, 1.165) is 17.7 Å². The lowest BCUT2D eigenvalue weighted by Gasteiger charge is -2.32. The van der Waals surface area contributed by atoms with Gasteiger partial charge in [0.2, 0.25) is 0 Å². The molecule has 0 N–H and O–H groups in total. The maximum absolute atomic E-state index is 13.1. The molecular formula is C20H22ClNO2. The molecule has 0 aromatic heterocycles. The van der Waals surface area contributed by atoms with Crippen molar-refractivity contribution in [1.29, 1.82) is 0 Å². The number of amides is 1. The molecule has 0 bridgehead atoms. The third-order valence-electron chi connectivity index (χ3n) is 4.63. The van der Waals surface area contributed by atoms with Crippen molar-refractivity contribution in [3.8, 4) is 5.75 Å². The maximum atomic E-state index is 13.1. The molecule has 1 amide bonds. The first-order valence-electron chi connectivity index (χ1n) is 8.35. The minimum absolute atomic E-state index is 0.00465. The van der Waals surface area contributed by atoms with Gasteiger partial charge in [0.15, 0.2) is 0 Å². The predicted molar refractivity (Wildman–Crippen MR) is 96.8 cm³/mol. The van der Waals surface area contributed by atoms with Crippen LogP contribution in [-0.2, 0) is 6.42 Å². The van der Waals surface area contributed by atoms with E-state index >= 15 is 0 Å². The quantitative estimate of drug-likeness (QED) is 0.777.